The number of hydrogen-bond donors (Lipinski definition) is 2. The van der Waals surface area contributed by atoms with Crippen molar-refractivity contribution in [3.05, 3.63) is 99.6 Å². The molecule has 0 aliphatic rings. The second-order valence-electron chi connectivity index (χ2n) is 6.40. The second-order valence-corrected chi connectivity index (χ2v) is 6.40. The molecule has 0 heterocycles. The van der Waals surface area contributed by atoms with E-state index in [1.807, 2.05) is 62.4 Å². The molecule has 3 aromatic rings. The number of nitrogens with zero attached hydrogens (tertiary/aromatic N) is 1. The van der Waals surface area contributed by atoms with Crippen molar-refractivity contribution in [3.8, 4) is 0 Å². The third-order valence-electron chi connectivity index (χ3n) is 3.89. The van der Waals surface area contributed by atoms with E-state index in [1.54, 1.807) is 0 Å². The molecule has 1 amide bonds. The third-order valence-corrected chi connectivity index (χ3v) is 3.89. The van der Waals surface area contributed by atoms with Gasteiger partial charge in [-0.2, -0.15) is 0 Å². The number of benzene rings is 3. The number of anilines is 2. The molecule has 0 spiro atoms. The maximum Gasteiger partial charge on any atom is 0.411 e. The maximum absolute atomic E-state index is 11.6. The van der Waals surface area contributed by atoms with Crippen LogP contribution in [0, 0.1) is 24.0 Å². The van der Waals surface area contributed by atoms with Gasteiger partial charge in [0.15, 0.2) is 0 Å². The highest BCUT2D eigenvalue weighted by Gasteiger charge is 2.07. The molecule has 3 aromatic carbocycles. The van der Waals surface area contributed by atoms with Crippen LogP contribution in [0.4, 0.5) is 21.9 Å². The van der Waals surface area contributed by atoms with E-state index in [0.717, 1.165) is 16.8 Å². The van der Waals surface area contributed by atoms with Gasteiger partial charge in [-0.25, -0.2) is 4.79 Å². The highest BCUT2D eigenvalue weighted by atomic mass is 16.6. The minimum atomic E-state index is -0.607. The van der Waals surface area contributed by atoms with E-state index in [2.05, 4.69) is 5.32 Å². The molecule has 0 aliphatic carbocycles. The fourth-order valence-electron chi connectivity index (χ4n) is 2.22. The standard InChI is InChI=1S/C15H14N2O4.C7H9N/c1-11-2-4-12(5-3-11)10-21-15(18)16-13-6-8-14(9-7-13)17(19)20;1-6-2-4-7(8)5-3-6/h2-9H,10H2,1H3,(H,16,18);2-5H,8H2,1H3. The lowest BCUT2D eigenvalue weighted by atomic mass is 10.2. The molecule has 0 saturated heterocycles. The molecule has 150 valence electrons. The average molecular weight is 393 g/mol. The van der Waals surface area contributed by atoms with Crippen LogP contribution in [0.25, 0.3) is 0 Å². The van der Waals surface area contributed by atoms with Crippen molar-refractivity contribution in [1.29, 1.82) is 0 Å². The lowest BCUT2D eigenvalue weighted by Gasteiger charge is -2.07. The molecule has 0 saturated carbocycles. The van der Waals surface area contributed by atoms with Crippen LogP contribution in [0.3, 0.4) is 0 Å². The Labute approximate surface area is 169 Å². The van der Waals surface area contributed by atoms with E-state index in [4.69, 9.17) is 10.5 Å². The van der Waals surface area contributed by atoms with Crippen molar-refractivity contribution < 1.29 is 14.5 Å². The summed E-state index contributed by atoms with van der Waals surface area (Å²) >= 11 is 0. The number of nitro groups is 1. The Bertz CT molecular complexity index is 916. The number of carbonyl (C=O) groups is 1. The number of hydrogen-bond acceptors (Lipinski definition) is 5. The zero-order valence-electron chi connectivity index (χ0n) is 16.3. The van der Waals surface area contributed by atoms with E-state index in [9.17, 15) is 14.9 Å². The monoisotopic (exact) mass is 393 g/mol. The summed E-state index contributed by atoms with van der Waals surface area (Å²) in [7, 11) is 0. The predicted octanol–water partition coefficient (Wildman–Crippen LogP) is 5.23. The van der Waals surface area contributed by atoms with Gasteiger partial charge in [0.05, 0.1) is 4.92 Å². The molecule has 0 bridgehead atoms. The van der Waals surface area contributed by atoms with Gasteiger partial charge in [0.2, 0.25) is 0 Å². The van der Waals surface area contributed by atoms with Crippen LogP contribution in [0.5, 0.6) is 0 Å². The molecule has 0 aromatic heterocycles. The Morgan fingerprint density at radius 3 is 1.93 bits per heavy atom. The molecule has 29 heavy (non-hydrogen) atoms. The minimum Gasteiger partial charge on any atom is -0.444 e. The van der Waals surface area contributed by atoms with Gasteiger partial charge in [-0.3, -0.25) is 15.4 Å². The van der Waals surface area contributed by atoms with Crippen molar-refractivity contribution >= 4 is 23.2 Å². The summed E-state index contributed by atoms with van der Waals surface area (Å²) in [5.41, 5.74) is 9.93. The number of nitrogen functional groups attached to an aromatic ring is 1. The fourth-order valence-corrected chi connectivity index (χ4v) is 2.22. The number of carbonyl (C=O) groups excluding carboxylic acids is 1. The number of ether oxygens (including phenoxy) is 1. The van der Waals surface area contributed by atoms with E-state index < -0.39 is 11.0 Å². The fraction of sp³-hybridized carbons (Fsp3) is 0.136. The Morgan fingerprint density at radius 1 is 0.931 bits per heavy atom. The van der Waals surface area contributed by atoms with Crippen LogP contribution in [0.15, 0.2) is 72.8 Å². The summed E-state index contributed by atoms with van der Waals surface area (Å²) in [6.07, 6.45) is -0.607. The van der Waals surface area contributed by atoms with Gasteiger partial charge < -0.3 is 10.5 Å². The molecule has 0 unspecified atom stereocenters. The van der Waals surface area contributed by atoms with Gasteiger partial charge in [0, 0.05) is 23.5 Å². The lowest BCUT2D eigenvalue weighted by molar-refractivity contribution is -0.384. The number of non-ortho nitro benzene ring substituents is 1. The Morgan fingerprint density at radius 2 is 1.45 bits per heavy atom. The molecule has 0 aliphatic heterocycles. The minimum absolute atomic E-state index is 0.0337. The van der Waals surface area contributed by atoms with Crippen LogP contribution < -0.4 is 11.1 Å². The molecular formula is C22H23N3O4. The largest absolute Gasteiger partial charge is 0.444 e. The highest BCUT2D eigenvalue weighted by Crippen LogP contribution is 2.15. The summed E-state index contributed by atoms with van der Waals surface area (Å²) in [5.74, 6) is 0. The highest BCUT2D eigenvalue weighted by molar-refractivity contribution is 5.84. The number of aryl methyl sites for hydroxylation is 2. The molecular weight excluding hydrogens is 370 g/mol. The van der Waals surface area contributed by atoms with Crippen molar-refractivity contribution in [2.75, 3.05) is 11.1 Å². The van der Waals surface area contributed by atoms with Crippen LogP contribution in [-0.2, 0) is 11.3 Å². The lowest BCUT2D eigenvalue weighted by Crippen LogP contribution is -2.13. The van der Waals surface area contributed by atoms with Crippen molar-refractivity contribution in [2.45, 2.75) is 20.5 Å². The van der Waals surface area contributed by atoms with E-state index in [1.165, 1.54) is 29.8 Å². The van der Waals surface area contributed by atoms with Gasteiger partial charge in [-0.15, -0.1) is 0 Å². The predicted molar refractivity (Wildman–Crippen MR) is 114 cm³/mol. The first-order valence-corrected chi connectivity index (χ1v) is 8.89. The van der Waals surface area contributed by atoms with Crippen LogP contribution in [0.2, 0.25) is 0 Å². The SMILES string of the molecule is Cc1ccc(COC(=O)Nc2ccc([N+](=O)[O-])cc2)cc1.Cc1ccc(N)cc1. The molecule has 7 heteroatoms. The molecule has 0 fully saturated rings. The first-order chi connectivity index (χ1) is 13.8. The molecule has 7 nitrogen and oxygen atoms in total. The Kier molecular flexibility index (Phi) is 7.73. The zero-order valence-corrected chi connectivity index (χ0v) is 16.3. The second kappa shape index (κ2) is 10.5. The molecule has 0 atom stereocenters. The maximum atomic E-state index is 11.6. The summed E-state index contributed by atoms with van der Waals surface area (Å²) in [5, 5.41) is 13.0. The number of nitro benzene ring substituents is 1. The van der Waals surface area contributed by atoms with Gasteiger partial charge in [0.1, 0.15) is 6.61 Å². The van der Waals surface area contributed by atoms with Crippen molar-refractivity contribution in [3.63, 3.8) is 0 Å². The van der Waals surface area contributed by atoms with Gasteiger partial charge in [-0.05, 0) is 43.7 Å². The van der Waals surface area contributed by atoms with E-state index >= 15 is 0 Å². The average Bonchev–Trinajstić information content (AvgIpc) is 2.71. The van der Waals surface area contributed by atoms with Crippen LogP contribution >= 0.6 is 0 Å². The first-order valence-electron chi connectivity index (χ1n) is 8.89. The topological polar surface area (TPSA) is 107 Å². The zero-order chi connectivity index (χ0) is 21.2. The van der Waals surface area contributed by atoms with E-state index in [0.29, 0.717) is 5.69 Å². The number of nitrogens with two attached hydrogens (primary N) is 1. The first kappa shape index (κ1) is 21.4. The number of rotatable bonds is 4. The third kappa shape index (κ3) is 7.72. The van der Waals surface area contributed by atoms with Crippen LogP contribution in [-0.4, -0.2) is 11.0 Å². The normalized spacial score (nSPS) is 9.72. The summed E-state index contributed by atoms with van der Waals surface area (Å²) in [4.78, 5) is 21.6. The van der Waals surface area contributed by atoms with Crippen LogP contribution in [0.1, 0.15) is 16.7 Å². The van der Waals surface area contributed by atoms with Gasteiger partial charge in [-0.1, -0.05) is 47.5 Å². The molecule has 0 radical (unpaired) electrons. The molecule has 3 rings (SSSR count). The number of nitrogens with one attached hydrogen (secondary N) is 1. The van der Waals surface area contributed by atoms with Crippen molar-refractivity contribution in [1.82, 2.24) is 0 Å². The summed E-state index contributed by atoms with van der Waals surface area (Å²) in [6.45, 7) is 4.18. The van der Waals surface area contributed by atoms with Crippen molar-refractivity contribution in [2.24, 2.45) is 0 Å². The Balaban J connectivity index is 0.000000313. The van der Waals surface area contributed by atoms with Gasteiger partial charge in [0.25, 0.3) is 5.69 Å². The summed E-state index contributed by atoms with van der Waals surface area (Å²) in [6, 6.07) is 21.0. The Hall–Kier alpha value is -3.87. The smallest absolute Gasteiger partial charge is 0.411 e. The van der Waals surface area contributed by atoms with Gasteiger partial charge >= 0.3 is 6.09 Å². The number of amides is 1. The van der Waals surface area contributed by atoms with E-state index in [-0.39, 0.29) is 12.3 Å². The summed E-state index contributed by atoms with van der Waals surface area (Å²) < 4.78 is 5.07. The quantitative estimate of drug-likeness (QED) is 0.358. The molecule has 3 N–H and O–H groups in total.